The maximum absolute atomic E-state index is 13.7. The molecule has 1 saturated heterocycles. The van der Waals surface area contributed by atoms with E-state index in [0.29, 0.717) is 18.9 Å². The second-order valence-electron chi connectivity index (χ2n) is 6.60. The maximum Gasteiger partial charge on any atom is 0.260 e. The molecular formula is C21H23FN2O4. The summed E-state index contributed by atoms with van der Waals surface area (Å²) in [7, 11) is 0. The summed E-state index contributed by atoms with van der Waals surface area (Å²) < 4.78 is 24.8. The molecule has 1 N–H and O–H groups in total. The zero-order valence-electron chi connectivity index (χ0n) is 15.7. The van der Waals surface area contributed by atoms with Crippen molar-refractivity contribution in [2.75, 3.05) is 31.7 Å². The third-order valence-corrected chi connectivity index (χ3v) is 4.56. The van der Waals surface area contributed by atoms with Crippen molar-refractivity contribution in [3.8, 4) is 5.75 Å². The van der Waals surface area contributed by atoms with Gasteiger partial charge in [-0.2, -0.15) is 0 Å². The minimum absolute atomic E-state index is 0.0183. The fraction of sp³-hybridized carbons (Fsp3) is 0.333. The van der Waals surface area contributed by atoms with E-state index in [9.17, 15) is 14.0 Å². The van der Waals surface area contributed by atoms with Gasteiger partial charge < -0.3 is 19.7 Å². The highest BCUT2D eigenvalue weighted by molar-refractivity contribution is 5.91. The lowest BCUT2D eigenvalue weighted by molar-refractivity contribution is -0.143. The average molecular weight is 386 g/mol. The van der Waals surface area contributed by atoms with Crippen molar-refractivity contribution in [2.24, 2.45) is 0 Å². The summed E-state index contributed by atoms with van der Waals surface area (Å²) in [5, 5.41) is 2.54. The highest BCUT2D eigenvalue weighted by atomic mass is 19.1. The van der Waals surface area contributed by atoms with E-state index in [-0.39, 0.29) is 37.1 Å². The molecule has 0 aliphatic carbocycles. The van der Waals surface area contributed by atoms with Crippen LogP contribution in [0.15, 0.2) is 48.5 Å². The van der Waals surface area contributed by atoms with E-state index in [1.54, 1.807) is 23.1 Å². The summed E-state index contributed by atoms with van der Waals surface area (Å²) in [6, 6.07) is 13.0. The molecule has 0 radical (unpaired) electrons. The Bertz CT molecular complexity index is 843. The predicted octanol–water partition coefficient (Wildman–Crippen LogP) is 2.77. The van der Waals surface area contributed by atoms with Crippen LogP contribution in [-0.2, 0) is 14.3 Å². The molecule has 7 heteroatoms. The minimum atomic E-state index is -0.504. The van der Waals surface area contributed by atoms with Crippen LogP contribution in [0.5, 0.6) is 5.75 Å². The predicted molar refractivity (Wildman–Crippen MR) is 103 cm³/mol. The molecule has 2 aromatic rings. The fourth-order valence-electron chi connectivity index (χ4n) is 3.07. The zero-order valence-corrected chi connectivity index (χ0v) is 15.7. The molecule has 1 atom stereocenters. The molecule has 148 valence electrons. The molecule has 1 aliphatic heterocycles. The first kappa shape index (κ1) is 19.8. The van der Waals surface area contributed by atoms with E-state index >= 15 is 0 Å². The third kappa shape index (κ3) is 5.07. The molecule has 0 unspecified atom stereocenters. The van der Waals surface area contributed by atoms with Gasteiger partial charge in [0.1, 0.15) is 11.6 Å². The van der Waals surface area contributed by atoms with Gasteiger partial charge in [-0.15, -0.1) is 0 Å². The van der Waals surface area contributed by atoms with Crippen LogP contribution >= 0.6 is 0 Å². The molecule has 0 spiro atoms. The van der Waals surface area contributed by atoms with Gasteiger partial charge in [0.2, 0.25) is 5.91 Å². The summed E-state index contributed by atoms with van der Waals surface area (Å²) in [5.74, 6) is -0.443. The first-order valence-corrected chi connectivity index (χ1v) is 9.14. The van der Waals surface area contributed by atoms with Crippen LogP contribution in [0.2, 0.25) is 0 Å². The van der Waals surface area contributed by atoms with Gasteiger partial charge in [0.05, 0.1) is 24.9 Å². The molecule has 6 nitrogen and oxygen atoms in total. The topological polar surface area (TPSA) is 67.9 Å². The Kier molecular flexibility index (Phi) is 6.60. The minimum Gasteiger partial charge on any atom is -0.484 e. The van der Waals surface area contributed by atoms with Gasteiger partial charge in [-0.25, -0.2) is 4.39 Å². The van der Waals surface area contributed by atoms with Gasteiger partial charge in [0.15, 0.2) is 6.61 Å². The molecule has 1 aliphatic rings. The van der Waals surface area contributed by atoms with Gasteiger partial charge in [-0.3, -0.25) is 9.59 Å². The summed E-state index contributed by atoms with van der Waals surface area (Å²) in [6.45, 7) is 2.83. The number of benzene rings is 2. The number of carbonyl (C=O) groups is 2. The number of rotatable bonds is 6. The lowest BCUT2D eigenvalue weighted by Gasteiger charge is -2.35. The van der Waals surface area contributed by atoms with Crippen molar-refractivity contribution in [1.29, 1.82) is 0 Å². The number of nitrogens with zero attached hydrogens (tertiary/aromatic N) is 1. The monoisotopic (exact) mass is 386 g/mol. The smallest absolute Gasteiger partial charge is 0.260 e. The Morgan fingerprint density at radius 3 is 2.75 bits per heavy atom. The number of carbonyl (C=O) groups excluding carboxylic acids is 2. The van der Waals surface area contributed by atoms with E-state index in [4.69, 9.17) is 9.47 Å². The van der Waals surface area contributed by atoms with E-state index in [1.165, 1.54) is 12.1 Å². The van der Waals surface area contributed by atoms with E-state index in [1.807, 2.05) is 25.1 Å². The van der Waals surface area contributed by atoms with Crippen molar-refractivity contribution >= 4 is 17.5 Å². The number of anilines is 1. The van der Waals surface area contributed by atoms with Gasteiger partial charge in [0.25, 0.3) is 5.91 Å². The number of hydrogen-bond donors (Lipinski definition) is 1. The number of aryl methyl sites for hydroxylation is 1. The second-order valence-corrected chi connectivity index (χ2v) is 6.60. The van der Waals surface area contributed by atoms with Gasteiger partial charge in [0, 0.05) is 13.0 Å². The first-order valence-electron chi connectivity index (χ1n) is 9.14. The van der Waals surface area contributed by atoms with Crippen LogP contribution < -0.4 is 10.1 Å². The highest BCUT2D eigenvalue weighted by Crippen LogP contribution is 2.18. The van der Waals surface area contributed by atoms with Crippen molar-refractivity contribution in [2.45, 2.75) is 19.4 Å². The van der Waals surface area contributed by atoms with Gasteiger partial charge in [-0.1, -0.05) is 30.3 Å². The quantitative estimate of drug-likeness (QED) is 0.829. The Morgan fingerprint density at radius 2 is 1.96 bits per heavy atom. The molecule has 1 heterocycles. The molecular weight excluding hydrogens is 363 g/mol. The van der Waals surface area contributed by atoms with Crippen molar-refractivity contribution < 1.29 is 23.5 Å². The highest BCUT2D eigenvalue weighted by Gasteiger charge is 2.29. The standard InChI is InChI=1S/C21H23FN2O4/c1-15-6-2-5-9-19(15)28-14-21(26)24-10-11-27-13-16(24)12-20(25)23-18-8-4-3-7-17(18)22/h2-9,16H,10-14H2,1H3,(H,23,25)/t16-/m0/s1. The van der Waals surface area contributed by atoms with Gasteiger partial charge >= 0.3 is 0 Å². The number of amides is 2. The lowest BCUT2D eigenvalue weighted by atomic mass is 10.1. The number of hydrogen-bond acceptors (Lipinski definition) is 4. The normalized spacial score (nSPS) is 16.5. The Balaban J connectivity index is 1.58. The number of morpholine rings is 1. The number of para-hydroxylation sites is 2. The molecule has 2 amide bonds. The van der Waals surface area contributed by atoms with Crippen molar-refractivity contribution in [3.05, 3.63) is 59.9 Å². The van der Waals surface area contributed by atoms with Crippen LogP contribution in [-0.4, -0.2) is 49.1 Å². The maximum atomic E-state index is 13.7. The summed E-state index contributed by atoms with van der Waals surface area (Å²) in [4.78, 5) is 26.6. The van der Waals surface area contributed by atoms with Crippen molar-refractivity contribution in [1.82, 2.24) is 4.90 Å². The first-order chi connectivity index (χ1) is 13.5. The van der Waals surface area contributed by atoms with E-state index in [0.717, 1.165) is 5.56 Å². The van der Waals surface area contributed by atoms with Crippen molar-refractivity contribution in [3.63, 3.8) is 0 Å². The SMILES string of the molecule is Cc1ccccc1OCC(=O)N1CCOC[C@@H]1CC(=O)Nc1ccccc1F. The van der Waals surface area contributed by atoms with Crippen LogP contribution in [0.25, 0.3) is 0 Å². The molecule has 0 saturated carbocycles. The summed E-state index contributed by atoms with van der Waals surface area (Å²) in [6.07, 6.45) is 0.0183. The van der Waals surface area contributed by atoms with Crippen LogP contribution in [0.4, 0.5) is 10.1 Å². The van der Waals surface area contributed by atoms with Crippen LogP contribution in [0.1, 0.15) is 12.0 Å². The Morgan fingerprint density at radius 1 is 1.21 bits per heavy atom. The number of halogens is 1. The lowest BCUT2D eigenvalue weighted by Crippen LogP contribution is -2.51. The van der Waals surface area contributed by atoms with Crippen LogP contribution in [0, 0.1) is 12.7 Å². The molecule has 0 bridgehead atoms. The van der Waals surface area contributed by atoms with Crippen LogP contribution in [0.3, 0.4) is 0 Å². The molecule has 3 rings (SSSR count). The third-order valence-electron chi connectivity index (χ3n) is 4.56. The largest absolute Gasteiger partial charge is 0.484 e. The summed E-state index contributed by atoms with van der Waals surface area (Å²) in [5.41, 5.74) is 1.06. The number of ether oxygens (including phenoxy) is 2. The Labute approximate surface area is 163 Å². The molecule has 2 aromatic carbocycles. The Hall–Kier alpha value is -2.93. The second kappa shape index (κ2) is 9.32. The summed E-state index contributed by atoms with van der Waals surface area (Å²) >= 11 is 0. The van der Waals surface area contributed by atoms with E-state index < -0.39 is 11.9 Å². The average Bonchev–Trinajstić information content (AvgIpc) is 2.69. The molecule has 1 fully saturated rings. The fourth-order valence-corrected chi connectivity index (χ4v) is 3.07. The molecule has 0 aromatic heterocycles. The zero-order chi connectivity index (χ0) is 19.9. The number of nitrogens with one attached hydrogen (secondary N) is 1. The van der Waals surface area contributed by atoms with Gasteiger partial charge in [-0.05, 0) is 30.7 Å². The molecule has 28 heavy (non-hydrogen) atoms. The van der Waals surface area contributed by atoms with E-state index in [2.05, 4.69) is 5.32 Å².